The van der Waals surface area contributed by atoms with E-state index in [1.54, 1.807) is 25.1 Å². The van der Waals surface area contributed by atoms with Crippen molar-refractivity contribution in [3.8, 4) is 0 Å². The highest BCUT2D eigenvalue weighted by molar-refractivity contribution is 9.10. The molecule has 1 rings (SSSR count). The number of ether oxygens (including phenoxy) is 1. The molecule has 0 heterocycles. The molecule has 1 aromatic carbocycles. The van der Waals surface area contributed by atoms with Gasteiger partial charge in [0.25, 0.3) is 0 Å². The van der Waals surface area contributed by atoms with Crippen molar-refractivity contribution in [2.75, 3.05) is 20.8 Å². The minimum atomic E-state index is -3.54. The fraction of sp³-hybridized carbons (Fsp3) is 0.500. The average Bonchev–Trinajstić information content (AvgIpc) is 2.28. The Balaban J connectivity index is 2.95. The summed E-state index contributed by atoms with van der Waals surface area (Å²) in [6.45, 7) is 2.77. The maximum Gasteiger partial charge on any atom is 0.242 e. The average molecular weight is 351 g/mol. The lowest BCUT2D eigenvalue weighted by Crippen LogP contribution is -2.35. The molecule has 0 amide bonds. The molecule has 0 spiro atoms. The number of benzene rings is 1. The number of nitrogens with one attached hydrogen (secondary N) is 2. The lowest BCUT2D eigenvalue weighted by atomic mass is 10.2. The molecule has 19 heavy (non-hydrogen) atoms. The number of rotatable bonds is 7. The van der Waals surface area contributed by atoms with E-state index in [1.165, 1.54) is 7.11 Å². The summed E-state index contributed by atoms with van der Waals surface area (Å²) in [5, 5.41) is 3.02. The monoisotopic (exact) mass is 350 g/mol. The molecule has 1 unspecified atom stereocenters. The fourth-order valence-electron chi connectivity index (χ4n) is 1.69. The minimum absolute atomic E-state index is 0.232. The van der Waals surface area contributed by atoms with E-state index in [9.17, 15) is 8.42 Å². The van der Waals surface area contributed by atoms with Crippen LogP contribution in [0.2, 0.25) is 0 Å². The molecule has 7 heteroatoms. The van der Waals surface area contributed by atoms with E-state index in [1.807, 2.05) is 7.05 Å². The Bertz CT molecular complexity index is 520. The third kappa shape index (κ3) is 4.85. The summed E-state index contributed by atoms with van der Waals surface area (Å²) in [6.07, 6.45) is 0. The van der Waals surface area contributed by atoms with E-state index in [2.05, 4.69) is 26.0 Å². The normalized spacial score (nSPS) is 13.5. The number of halogens is 1. The van der Waals surface area contributed by atoms with E-state index in [0.29, 0.717) is 17.6 Å². The quantitative estimate of drug-likeness (QED) is 0.781. The van der Waals surface area contributed by atoms with Crippen LogP contribution in [0.4, 0.5) is 0 Å². The smallest absolute Gasteiger partial charge is 0.242 e. The van der Waals surface area contributed by atoms with Gasteiger partial charge in [-0.1, -0.05) is 6.07 Å². The van der Waals surface area contributed by atoms with Gasteiger partial charge < -0.3 is 10.1 Å². The summed E-state index contributed by atoms with van der Waals surface area (Å²) in [4.78, 5) is 0.232. The summed E-state index contributed by atoms with van der Waals surface area (Å²) in [5.41, 5.74) is 1.01. The maximum atomic E-state index is 12.2. The van der Waals surface area contributed by atoms with Crippen LogP contribution < -0.4 is 10.0 Å². The first kappa shape index (κ1) is 16.6. The van der Waals surface area contributed by atoms with Crippen LogP contribution in [0.3, 0.4) is 0 Å². The molecular formula is C12H19BrN2O3S. The SMILES string of the molecule is CNCc1ccc(S(=O)(=O)NC(C)COC)c(Br)c1. The molecule has 0 radical (unpaired) electrons. The zero-order valence-corrected chi connectivity index (χ0v) is 13.6. The number of methoxy groups -OCH3 is 1. The predicted octanol–water partition coefficient (Wildman–Crippen LogP) is 1.48. The predicted molar refractivity (Wildman–Crippen MR) is 78.6 cm³/mol. The van der Waals surface area contributed by atoms with Crippen LogP contribution in [0.5, 0.6) is 0 Å². The van der Waals surface area contributed by atoms with Gasteiger partial charge in [-0.15, -0.1) is 0 Å². The zero-order chi connectivity index (χ0) is 14.5. The van der Waals surface area contributed by atoms with Crippen molar-refractivity contribution >= 4 is 26.0 Å². The van der Waals surface area contributed by atoms with Crippen LogP contribution in [-0.2, 0) is 21.3 Å². The first-order valence-electron chi connectivity index (χ1n) is 5.85. The molecule has 0 aliphatic carbocycles. The molecule has 1 atom stereocenters. The first-order chi connectivity index (χ1) is 8.90. The zero-order valence-electron chi connectivity index (χ0n) is 11.2. The van der Waals surface area contributed by atoms with Gasteiger partial charge >= 0.3 is 0 Å². The molecule has 0 fully saturated rings. The minimum Gasteiger partial charge on any atom is -0.383 e. The summed E-state index contributed by atoms with van der Waals surface area (Å²) >= 11 is 3.30. The largest absolute Gasteiger partial charge is 0.383 e. The van der Waals surface area contributed by atoms with Crippen LogP contribution in [0.25, 0.3) is 0 Å². The van der Waals surface area contributed by atoms with Crippen molar-refractivity contribution < 1.29 is 13.2 Å². The van der Waals surface area contributed by atoms with Crippen LogP contribution in [0, 0.1) is 0 Å². The van der Waals surface area contributed by atoms with Crippen molar-refractivity contribution in [2.24, 2.45) is 0 Å². The van der Waals surface area contributed by atoms with Gasteiger partial charge in [0.1, 0.15) is 0 Å². The van der Waals surface area contributed by atoms with E-state index >= 15 is 0 Å². The summed E-state index contributed by atoms with van der Waals surface area (Å²) in [7, 11) is -0.167. The second kappa shape index (κ2) is 7.35. The van der Waals surface area contributed by atoms with Gasteiger partial charge in [-0.05, 0) is 47.6 Å². The number of sulfonamides is 1. The van der Waals surface area contributed by atoms with Crippen molar-refractivity contribution in [3.05, 3.63) is 28.2 Å². The topological polar surface area (TPSA) is 67.4 Å². The van der Waals surface area contributed by atoms with Crippen molar-refractivity contribution in [2.45, 2.75) is 24.4 Å². The molecule has 108 valence electrons. The van der Waals surface area contributed by atoms with Crippen molar-refractivity contribution in [1.82, 2.24) is 10.0 Å². The van der Waals surface area contributed by atoms with Gasteiger partial charge in [0.2, 0.25) is 10.0 Å². The second-order valence-electron chi connectivity index (χ2n) is 4.27. The molecule has 2 N–H and O–H groups in total. The van der Waals surface area contributed by atoms with Crippen molar-refractivity contribution in [1.29, 1.82) is 0 Å². The van der Waals surface area contributed by atoms with Crippen LogP contribution in [0.1, 0.15) is 12.5 Å². The third-order valence-electron chi connectivity index (χ3n) is 2.44. The van der Waals surface area contributed by atoms with E-state index in [4.69, 9.17) is 4.74 Å². The molecule has 0 aromatic heterocycles. The van der Waals surface area contributed by atoms with Gasteiger partial charge in [0.05, 0.1) is 11.5 Å². The highest BCUT2D eigenvalue weighted by Gasteiger charge is 2.20. The standard InChI is InChI=1S/C12H19BrN2O3S/c1-9(8-18-3)15-19(16,17)12-5-4-10(7-14-2)6-11(12)13/h4-6,9,14-15H,7-8H2,1-3H3. The van der Waals surface area contributed by atoms with Crippen LogP contribution in [-0.4, -0.2) is 35.2 Å². The molecule has 0 bridgehead atoms. The Labute approximate surface area is 122 Å². The summed E-state index contributed by atoms with van der Waals surface area (Å²) < 4.78 is 32.4. The van der Waals surface area contributed by atoms with Gasteiger partial charge in [-0.3, -0.25) is 0 Å². The molecule has 5 nitrogen and oxygen atoms in total. The number of hydrogen-bond donors (Lipinski definition) is 2. The van der Waals surface area contributed by atoms with E-state index in [-0.39, 0.29) is 10.9 Å². The Kier molecular flexibility index (Phi) is 6.41. The second-order valence-corrected chi connectivity index (χ2v) is 6.81. The first-order valence-corrected chi connectivity index (χ1v) is 8.12. The molecular weight excluding hydrogens is 332 g/mol. The van der Waals surface area contributed by atoms with Gasteiger partial charge in [0.15, 0.2) is 0 Å². The Morgan fingerprint density at radius 1 is 1.42 bits per heavy atom. The summed E-state index contributed by atoms with van der Waals surface area (Å²) in [5.74, 6) is 0. The van der Waals surface area contributed by atoms with E-state index in [0.717, 1.165) is 5.56 Å². The third-order valence-corrected chi connectivity index (χ3v) is 5.01. The molecule has 0 saturated heterocycles. The molecule has 1 aromatic rings. The van der Waals surface area contributed by atoms with Gasteiger partial charge in [-0.25, -0.2) is 13.1 Å². The van der Waals surface area contributed by atoms with E-state index < -0.39 is 10.0 Å². The lowest BCUT2D eigenvalue weighted by Gasteiger charge is -2.14. The fourth-order valence-corrected chi connectivity index (χ4v) is 4.04. The highest BCUT2D eigenvalue weighted by atomic mass is 79.9. The highest BCUT2D eigenvalue weighted by Crippen LogP contribution is 2.23. The van der Waals surface area contributed by atoms with Crippen molar-refractivity contribution in [3.63, 3.8) is 0 Å². The van der Waals surface area contributed by atoms with Crippen LogP contribution >= 0.6 is 15.9 Å². The lowest BCUT2D eigenvalue weighted by molar-refractivity contribution is 0.180. The Hall–Kier alpha value is -0.470. The molecule has 0 aliphatic heterocycles. The van der Waals surface area contributed by atoms with Crippen LogP contribution in [0.15, 0.2) is 27.6 Å². The Morgan fingerprint density at radius 3 is 2.63 bits per heavy atom. The summed E-state index contributed by atoms with van der Waals surface area (Å²) in [6, 6.07) is 4.90. The van der Waals surface area contributed by atoms with Gasteiger partial charge in [-0.2, -0.15) is 0 Å². The molecule has 0 saturated carbocycles. The Morgan fingerprint density at radius 2 is 2.11 bits per heavy atom. The maximum absolute atomic E-state index is 12.2. The number of hydrogen-bond acceptors (Lipinski definition) is 4. The molecule has 0 aliphatic rings. The van der Waals surface area contributed by atoms with Gasteiger partial charge in [0, 0.05) is 24.2 Å².